The van der Waals surface area contributed by atoms with Crippen LogP contribution < -0.4 is 4.74 Å². The molecule has 0 aliphatic heterocycles. The van der Waals surface area contributed by atoms with Gasteiger partial charge in [-0.25, -0.2) is 0 Å². The Labute approximate surface area is 108 Å². The fraction of sp³-hybridized carbons (Fsp3) is 0.250. The third-order valence-corrected chi connectivity index (χ3v) is 2.99. The highest BCUT2D eigenvalue weighted by Crippen LogP contribution is 2.24. The van der Waals surface area contributed by atoms with Gasteiger partial charge in [0.15, 0.2) is 0 Å². The summed E-state index contributed by atoms with van der Waals surface area (Å²) >= 11 is 0. The van der Waals surface area contributed by atoms with Gasteiger partial charge in [-0.15, -0.1) is 0 Å². The Morgan fingerprint density at radius 1 is 0.944 bits per heavy atom. The largest absolute Gasteiger partial charge is 0.457 e. The Hall–Kier alpha value is -1.80. The molecule has 0 fully saturated rings. The molecule has 1 N–H and O–H groups in total. The van der Waals surface area contributed by atoms with Crippen LogP contribution in [0.2, 0.25) is 0 Å². The molecule has 0 amide bonds. The number of para-hydroxylation sites is 1. The lowest BCUT2D eigenvalue weighted by molar-refractivity contribution is 0.278. The first-order valence-corrected chi connectivity index (χ1v) is 6.23. The molecule has 0 heterocycles. The summed E-state index contributed by atoms with van der Waals surface area (Å²) in [7, 11) is 0. The van der Waals surface area contributed by atoms with Crippen molar-refractivity contribution in [3.05, 3.63) is 60.2 Å². The van der Waals surface area contributed by atoms with Gasteiger partial charge in [-0.2, -0.15) is 0 Å². The van der Waals surface area contributed by atoms with Gasteiger partial charge < -0.3 is 9.84 Å². The van der Waals surface area contributed by atoms with Crippen LogP contribution in [-0.2, 0) is 0 Å². The maximum Gasteiger partial charge on any atom is 0.127 e. The molecule has 94 valence electrons. The number of ether oxygens (including phenoxy) is 1. The third kappa shape index (κ3) is 3.34. The van der Waals surface area contributed by atoms with Crippen molar-refractivity contribution in [3.8, 4) is 11.5 Å². The molecule has 0 saturated heterocycles. The molecular formula is C16H18O2. The molecule has 0 radical (unpaired) electrons. The van der Waals surface area contributed by atoms with Gasteiger partial charge in [-0.05, 0) is 42.2 Å². The van der Waals surface area contributed by atoms with Gasteiger partial charge in [0.1, 0.15) is 11.5 Å². The van der Waals surface area contributed by atoms with Crippen LogP contribution in [0.3, 0.4) is 0 Å². The zero-order valence-corrected chi connectivity index (χ0v) is 10.5. The molecular weight excluding hydrogens is 224 g/mol. The zero-order valence-electron chi connectivity index (χ0n) is 10.5. The number of rotatable bonds is 5. The summed E-state index contributed by atoms with van der Waals surface area (Å²) in [5.74, 6) is 2.05. The molecule has 1 atom stereocenters. The molecule has 2 heteroatoms. The molecule has 0 aromatic heterocycles. The van der Waals surface area contributed by atoms with Crippen LogP contribution in [0.5, 0.6) is 11.5 Å². The smallest absolute Gasteiger partial charge is 0.127 e. The Balaban J connectivity index is 2.04. The van der Waals surface area contributed by atoms with Crippen molar-refractivity contribution in [1.82, 2.24) is 0 Å². The quantitative estimate of drug-likeness (QED) is 0.859. The zero-order chi connectivity index (χ0) is 12.8. The van der Waals surface area contributed by atoms with Gasteiger partial charge in [0.25, 0.3) is 0 Å². The Morgan fingerprint density at radius 2 is 1.56 bits per heavy atom. The van der Waals surface area contributed by atoms with E-state index in [9.17, 15) is 0 Å². The Kier molecular flexibility index (Phi) is 4.37. The Morgan fingerprint density at radius 3 is 2.17 bits per heavy atom. The van der Waals surface area contributed by atoms with Crippen molar-refractivity contribution in [1.29, 1.82) is 0 Å². The second kappa shape index (κ2) is 6.22. The molecule has 0 saturated carbocycles. The molecule has 0 aliphatic carbocycles. The molecule has 2 rings (SSSR count). The summed E-state index contributed by atoms with van der Waals surface area (Å²) in [5.41, 5.74) is 1.23. The van der Waals surface area contributed by atoms with E-state index < -0.39 is 0 Å². The highest BCUT2D eigenvalue weighted by molar-refractivity contribution is 5.33. The lowest BCUT2D eigenvalue weighted by atomic mass is 9.98. The van der Waals surface area contributed by atoms with Crippen LogP contribution in [0, 0.1) is 0 Å². The van der Waals surface area contributed by atoms with Crippen molar-refractivity contribution in [2.75, 3.05) is 6.61 Å². The van der Waals surface area contributed by atoms with Crippen LogP contribution in [0.25, 0.3) is 0 Å². The number of benzene rings is 2. The van der Waals surface area contributed by atoms with Gasteiger partial charge in [0.2, 0.25) is 0 Å². The number of aliphatic hydroxyl groups excluding tert-OH is 1. The van der Waals surface area contributed by atoms with Crippen LogP contribution in [0.4, 0.5) is 0 Å². The van der Waals surface area contributed by atoms with E-state index in [1.807, 2.05) is 42.5 Å². The summed E-state index contributed by atoms with van der Waals surface area (Å²) < 4.78 is 5.72. The van der Waals surface area contributed by atoms with E-state index in [0.29, 0.717) is 5.92 Å². The van der Waals surface area contributed by atoms with E-state index in [1.54, 1.807) is 0 Å². The van der Waals surface area contributed by atoms with Crippen molar-refractivity contribution >= 4 is 0 Å². The van der Waals surface area contributed by atoms with E-state index in [2.05, 4.69) is 19.1 Å². The summed E-state index contributed by atoms with van der Waals surface area (Å²) in [5, 5.41) is 8.92. The van der Waals surface area contributed by atoms with Crippen molar-refractivity contribution in [2.24, 2.45) is 0 Å². The molecule has 1 unspecified atom stereocenters. The monoisotopic (exact) mass is 242 g/mol. The molecule has 0 aliphatic rings. The maximum atomic E-state index is 8.92. The molecule has 0 bridgehead atoms. The third-order valence-electron chi connectivity index (χ3n) is 2.99. The van der Waals surface area contributed by atoms with Gasteiger partial charge in [0, 0.05) is 6.61 Å². The van der Waals surface area contributed by atoms with E-state index in [4.69, 9.17) is 9.84 Å². The minimum atomic E-state index is 0.226. The topological polar surface area (TPSA) is 29.5 Å². The first-order chi connectivity index (χ1) is 8.79. The van der Waals surface area contributed by atoms with Gasteiger partial charge in [-0.1, -0.05) is 37.3 Å². The second-order valence-corrected chi connectivity index (χ2v) is 4.40. The van der Waals surface area contributed by atoms with Gasteiger partial charge in [0.05, 0.1) is 0 Å². The first-order valence-electron chi connectivity index (χ1n) is 6.23. The van der Waals surface area contributed by atoms with Crippen LogP contribution >= 0.6 is 0 Å². The number of hydrogen-bond acceptors (Lipinski definition) is 2. The SMILES string of the molecule is CC(CCO)c1ccc(Oc2ccccc2)cc1. The summed E-state index contributed by atoms with van der Waals surface area (Å²) in [6.45, 7) is 2.34. The molecule has 2 aromatic carbocycles. The van der Waals surface area contributed by atoms with Crippen molar-refractivity contribution in [3.63, 3.8) is 0 Å². The van der Waals surface area contributed by atoms with Crippen molar-refractivity contribution < 1.29 is 9.84 Å². The molecule has 2 aromatic rings. The van der Waals surface area contributed by atoms with E-state index in [-0.39, 0.29) is 6.61 Å². The minimum absolute atomic E-state index is 0.226. The average molecular weight is 242 g/mol. The molecule has 0 spiro atoms. The second-order valence-electron chi connectivity index (χ2n) is 4.40. The van der Waals surface area contributed by atoms with Crippen LogP contribution in [0.1, 0.15) is 24.8 Å². The minimum Gasteiger partial charge on any atom is -0.457 e. The van der Waals surface area contributed by atoms with Gasteiger partial charge >= 0.3 is 0 Å². The number of hydrogen-bond donors (Lipinski definition) is 1. The normalized spacial score (nSPS) is 12.1. The fourth-order valence-corrected chi connectivity index (χ4v) is 1.85. The van der Waals surface area contributed by atoms with Gasteiger partial charge in [-0.3, -0.25) is 0 Å². The first kappa shape index (κ1) is 12.7. The van der Waals surface area contributed by atoms with Crippen LogP contribution in [0.15, 0.2) is 54.6 Å². The van der Waals surface area contributed by atoms with Crippen LogP contribution in [-0.4, -0.2) is 11.7 Å². The molecule has 2 nitrogen and oxygen atoms in total. The number of aliphatic hydroxyl groups is 1. The lowest BCUT2D eigenvalue weighted by Gasteiger charge is -2.11. The fourth-order valence-electron chi connectivity index (χ4n) is 1.85. The predicted molar refractivity (Wildman–Crippen MR) is 73.1 cm³/mol. The standard InChI is InChI=1S/C16H18O2/c1-13(11-12-17)14-7-9-16(10-8-14)18-15-5-3-2-4-6-15/h2-10,13,17H,11-12H2,1H3. The molecule has 18 heavy (non-hydrogen) atoms. The summed E-state index contributed by atoms with van der Waals surface area (Å²) in [4.78, 5) is 0. The average Bonchev–Trinajstić information content (AvgIpc) is 2.41. The summed E-state index contributed by atoms with van der Waals surface area (Å²) in [6.07, 6.45) is 0.791. The van der Waals surface area contributed by atoms with E-state index >= 15 is 0 Å². The highest BCUT2D eigenvalue weighted by Gasteiger charge is 2.05. The Bertz CT molecular complexity index is 462. The summed E-state index contributed by atoms with van der Waals surface area (Å²) in [6, 6.07) is 17.8. The maximum absolute atomic E-state index is 8.92. The highest BCUT2D eigenvalue weighted by atomic mass is 16.5. The van der Waals surface area contributed by atoms with E-state index in [1.165, 1.54) is 5.56 Å². The van der Waals surface area contributed by atoms with E-state index in [0.717, 1.165) is 17.9 Å². The predicted octanol–water partition coefficient (Wildman–Crippen LogP) is 3.96. The van der Waals surface area contributed by atoms with Crippen molar-refractivity contribution in [2.45, 2.75) is 19.3 Å². The lowest BCUT2D eigenvalue weighted by Crippen LogP contribution is -1.96.